The molecule has 0 fully saturated rings. The molecular weight excluding hydrogens is 484 g/mol. The minimum atomic E-state index is -4.11. The van der Waals surface area contributed by atoms with Crippen molar-refractivity contribution < 1.29 is 18.3 Å². The van der Waals surface area contributed by atoms with Crippen LogP contribution >= 0.6 is 11.3 Å². The molecule has 1 aliphatic carbocycles. The molecule has 0 aliphatic heterocycles. The van der Waals surface area contributed by atoms with Crippen LogP contribution in [0.3, 0.4) is 0 Å². The Morgan fingerprint density at radius 3 is 2.71 bits per heavy atom. The lowest BCUT2D eigenvalue weighted by atomic mass is 9.95. The number of carbonyl (C=O) groups excluding carboxylic acids is 1. The number of hydrogen-bond donors (Lipinski definition) is 3. The Kier molecular flexibility index (Phi) is 5.70. The van der Waals surface area contributed by atoms with Gasteiger partial charge in [-0.05, 0) is 79.8 Å². The minimum absolute atomic E-state index is 0.0381. The van der Waals surface area contributed by atoms with Crippen molar-refractivity contribution >= 4 is 38.7 Å². The molecule has 35 heavy (non-hydrogen) atoms. The fourth-order valence-corrected chi connectivity index (χ4v) is 6.79. The summed E-state index contributed by atoms with van der Waals surface area (Å²) in [7, 11) is -4.11. The third-order valence-corrected chi connectivity index (χ3v) is 9.17. The topological polar surface area (TPSA) is 113 Å². The van der Waals surface area contributed by atoms with Crippen molar-refractivity contribution in [2.24, 2.45) is 0 Å². The second-order valence-electron chi connectivity index (χ2n) is 9.26. The molecule has 1 aliphatic rings. The number of nitrogens with one attached hydrogen (secondary N) is 2. The second kappa shape index (κ2) is 8.47. The molecule has 0 spiro atoms. The monoisotopic (exact) mass is 510 g/mol. The Morgan fingerprint density at radius 2 is 1.97 bits per heavy atom. The molecule has 2 amide bonds. The molecule has 0 saturated carbocycles. The van der Waals surface area contributed by atoms with Crippen LogP contribution in [-0.2, 0) is 28.5 Å². The summed E-state index contributed by atoms with van der Waals surface area (Å²) < 4.78 is 29.8. The zero-order valence-electron chi connectivity index (χ0n) is 19.6. The van der Waals surface area contributed by atoms with Crippen molar-refractivity contribution in [1.82, 2.24) is 14.1 Å². The summed E-state index contributed by atoms with van der Waals surface area (Å²) in [5, 5.41) is 14.6. The van der Waals surface area contributed by atoms with Gasteiger partial charge in [0.25, 0.3) is 10.0 Å². The predicted octanol–water partition coefficient (Wildman–Crippen LogP) is 4.60. The Balaban J connectivity index is 1.49. The average Bonchev–Trinajstić information content (AvgIpc) is 3.53. The molecule has 8 nitrogen and oxygen atoms in total. The summed E-state index contributed by atoms with van der Waals surface area (Å²) >= 11 is 0.956. The number of pyridine rings is 1. The molecule has 0 radical (unpaired) electrons. The van der Waals surface area contributed by atoms with Gasteiger partial charge < -0.3 is 14.8 Å². The van der Waals surface area contributed by atoms with Crippen molar-refractivity contribution in [3.63, 3.8) is 0 Å². The molecule has 1 aromatic carbocycles. The predicted molar refractivity (Wildman–Crippen MR) is 136 cm³/mol. The van der Waals surface area contributed by atoms with Gasteiger partial charge in [0.1, 0.15) is 9.86 Å². The van der Waals surface area contributed by atoms with Gasteiger partial charge >= 0.3 is 6.03 Å². The SMILES string of the molecule is Cc1c(-c2ccc3c(c2NC(=O)NS(=O)(=O)c2cc(C(C)(C)O)cs2)CCC3)ccn2ccnc12. The Hall–Kier alpha value is -3.21. The first-order valence-electron chi connectivity index (χ1n) is 11.3. The van der Waals surface area contributed by atoms with Gasteiger partial charge in [-0.25, -0.2) is 22.9 Å². The number of aryl methyl sites for hydroxylation is 2. The highest BCUT2D eigenvalue weighted by atomic mass is 32.2. The van der Waals surface area contributed by atoms with Crippen molar-refractivity contribution in [2.75, 3.05) is 5.32 Å². The number of amides is 2. The van der Waals surface area contributed by atoms with E-state index in [1.807, 2.05) is 35.9 Å². The lowest BCUT2D eigenvalue weighted by molar-refractivity contribution is 0.0789. The maximum atomic E-state index is 13.0. The van der Waals surface area contributed by atoms with E-state index < -0.39 is 21.7 Å². The fourth-order valence-electron chi connectivity index (χ4n) is 4.54. The quantitative estimate of drug-likeness (QED) is 0.363. The van der Waals surface area contributed by atoms with Crippen molar-refractivity contribution in [3.05, 3.63) is 70.5 Å². The zero-order chi connectivity index (χ0) is 25.0. The van der Waals surface area contributed by atoms with Crippen LogP contribution in [0.2, 0.25) is 0 Å². The maximum Gasteiger partial charge on any atom is 0.333 e. The number of hydrogen-bond acceptors (Lipinski definition) is 6. The summed E-state index contributed by atoms with van der Waals surface area (Å²) in [5.41, 5.74) is 5.61. The van der Waals surface area contributed by atoms with E-state index in [1.165, 1.54) is 6.07 Å². The molecule has 0 bridgehead atoms. The van der Waals surface area contributed by atoms with Gasteiger partial charge in [0, 0.05) is 29.7 Å². The molecular formula is C25H26N4O4S2. The van der Waals surface area contributed by atoms with Gasteiger partial charge in [-0.2, -0.15) is 0 Å². The number of nitrogens with zero attached hydrogens (tertiary/aromatic N) is 2. The Bertz CT molecular complexity index is 1560. The van der Waals surface area contributed by atoms with Crippen LogP contribution in [0.15, 0.2) is 52.4 Å². The molecule has 10 heteroatoms. The number of aromatic nitrogens is 2. The lowest BCUT2D eigenvalue weighted by Crippen LogP contribution is -2.34. The van der Waals surface area contributed by atoms with Crippen molar-refractivity contribution in [1.29, 1.82) is 0 Å². The highest BCUT2D eigenvalue weighted by Gasteiger charge is 2.26. The Labute approximate surface area is 207 Å². The van der Waals surface area contributed by atoms with Crippen LogP contribution in [0.5, 0.6) is 0 Å². The molecule has 3 N–H and O–H groups in total. The lowest BCUT2D eigenvalue weighted by Gasteiger charge is -2.18. The van der Waals surface area contributed by atoms with E-state index >= 15 is 0 Å². The highest BCUT2D eigenvalue weighted by Crippen LogP contribution is 2.39. The molecule has 4 aromatic rings. The van der Waals surface area contributed by atoms with E-state index in [9.17, 15) is 18.3 Å². The molecule has 0 saturated heterocycles. The third-order valence-electron chi connectivity index (χ3n) is 6.40. The van der Waals surface area contributed by atoms with E-state index in [4.69, 9.17) is 0 Å². The number of rotatable bonds is 5. The number of benzene rings is 1. The average molecular weight is 511 g/mol. The normalized spacial score (nSPS) is 13.7. The number of sulfonamides is 1. The van der Waals surface area contributed by atoms with Crippen LogP contribution in [0.25, 0.3) is 16.8 Å². The number of fused-ring (bicyclic) bond motifs is 2. The van der Waals surface area contributed by atoms with E-state index in [2.05, 4.69) is 21.1 Å². The second-order valence-corrected chi connectivity index (χ2v) is 12.1. The van der Waals surface area contributed by atoms with Gasteiger partial charge in [-0.1, -0.05) is 12.1 Å². The number of thiophene rings is 1. The molecule has 3 aromatic heterocycles. The molecule has 0 unspecified atom stereocenters. The number of urea groups is 1. The first-order chi connectivity index (χ1) is 16.5. The van der Waals surface area contributed by atoms with E-state index in [-0.39, 0.29) is 4.21 Å². The number of anilines is 1. The van der Waals surface area contributed by atoms with Gasteiger partial charge in [0.05, 0.1) is 11.3 Å². The van der Waals surface area contributed by atoms with Crippen molar-refractivity contribution in [2.45, 2.75) is 49.8 Å². The van der Waals surface area contributed by atoms with Crippen LogP contribution in [0, 0.1) is 6.92 Å². The van der Waals surface area contributed by atoms with E-state index in [1.54, 1.807) is 25.4 Å². The van der Waals surface area contributed by atoms with E-state index in [0.29, 0.717) is 11.3 Å². The molecule has 3 heterocycles. The summed E-state index contributed by atoms with van der Waals surface area (Å²) in [6.07, 6.45) is 8.22. The highest BCUT2D eigenvalue weighted by molar-refractivity contribution is 7.92. The first kappa shape index (κ1) is 23.5. The first-order valence-corrected chi connectivity index (χ1v) is 13.6. The van der Waals surface area contributed by atoms with Gasteiger partial charge in [0.2, 0.25) is 0 Å². The molecule has 182 valence electrons. The molecule has 0 atom stereocenters. The van der Waals surface area contributed by atoms with Crippen LogP contribution in [0.4, 0.5) is 10.5 Å². The van der Waals surface area contributed by atoms with E-state index in [0.717, 1.165) is 64.1 Å². The molecule has 5 rings (SSSR count). The van der Waals surface area contributed by atoms with Gasteiger partial charge in [-0.15, -0.1) is 11.3 Å². The number of imidazole rings is 1. The largest absolute Gasteiger partial charge is 0.386 e. The smallest absolute Gasteiger partial charge is 0.333 e. The number of aliphatic hydroxyl groups is 1. The van der Waals surface area contributed by atoms with Crippen molar-refractivity contribution in [3.8, 4) is 11.1 Å². The Morgan fingerprint density at radius 1 is 1.17 bits per heavy atom. The van der Waals surface area contributed by atoms with Crippen LogP contribution in [0.1, 0.15) is 42.5 Å². The van der Waals surface area contributed by atoms with Crippen LogP contribution < -0.4 is 10.0 Å². The summed E-state index contributed by atoms with van der Waals surface area (Å²) in [6.45, 7) is 5.13. The van der Waals surface area contributed by atoms with Gasteiger partial charge in [0.15, 0.2) is 0 Å². The summed E-state index contributed by atoms with van der Waals surface area (Å²) in [4.78, 5) is 17.4. The maximum absolute atomic E-state index is 13.0. The van der Waals surface area contributed by atoms with Crippen LogP contribution in [-0.4, -0.2) is 28.9 Å². The summed E-state index contributed by atoms with van der Waals surface area (Å²) in [6, 6.07) is 6.59. The third kappa shape index (κ3) is 4.33. The summed E-state index contributed by atoms with van der Waals surface area (Å²) in [5.74, 6) is 0. The number of carbonyl (C=O) groups is 1. The zero-order valence-corrected chi connectivity index (χ0v) is 21.3. The standard InChI is InChI=1S/C25H26N4O4S2/c1-15-18(9-11-29-12-10-26-23(15)29)20-8-7-16-5-4-6-19(16)22(20)27-24(30)28-35(32,33)21-13-17(14-34-21)25(2,3)31/h7-14,31H,4-6H2,1-3H3,(H2,27,28,30). The fraction of sp³-hybridized carbons (Fsp3) is 0.280. The minimum Gasteiger partial charge on any atom is -0.386 e. The van der Waals surface area contributed by atoms with Gasteiger partial charge in [-0.3, -0.25) is 0 Å².